The van der Waals surface area contributed by atoms with E-state index in [1.807, 2.05) is 6.07 Å². The number of rotatable bonds is 4. The monoisotopic (exact) mass is 290 g/mol. The third-order valence-corrected chi connectivity index (χ3v) is 3.30. The van der Waals surface area contributed by atoms with Gasteiger partial charge in [-0.1, -0.05) is 0 Å². The number of morpholine rings is 1. The van der Waals surface area contributed by atoms with Crippen LogP contribution in [0.15, 0.2) is 24.3 Å². The maximum atomic E-state index is 12.3. The predicted molar refractivity (Wildman–Crippen MR) is 74.7 cm³/mol. The van der Waals surface area contributed by atoms with Gasteiger partial charge in [0.05, 0.1) is 31.0 Å². The highest BCUT2D eigenvalue weighted by Crippen LogP contribution is 2.15. The highest BCUT2D eigenvalue weighted by molar-refractivity contribution is 5.81. The topological polar surface area (TPSA) is 82.8 Å². The van der Waals surface area contributed by atoms with Gasteiger partial charge in [-0.2, -0.15) is 5.26 Å². The quantitative estimate of drug-likeness (QED) is 0.875. The molecule has 0 aromatic heterocycles. The summed E-state index contributed by atoms with van der Waals surface area (Å²) in [5.74, 6) is 0.405. The van der Waals surface area contributed by atoms with Crippen LogP contribution in [0.25, 0.3) is 0 Å². The first-order chi connectivity index (χ1) is 10.1. The number of hydrogen-bond acceptors (Lipinski definition) is 5. The molecule has 21 heavy (non-hydrogen) atoms. The minimum atomic E-state index is -0.629. The molecule has 1 heterocycles. The SMILES string of the molecule is CC(Oc1ccc(C#N)cc1)C(=O)N1CCOC(CO)C1. The summed E-state index contributed by atoms with van der Waals surface area (Å²) >= 11 is 0. The van der Waals surface area contributed by atoms with Crippen molar-refractivity contribution in [2.24, 2.45) is 0 Å². The van der Waals surface area contributed by atoms with E-state index in [1.54, 1.807) is 36.1 Å². The molecular formula is C15H18N2O4. The van der Waals surface area contributed by atoms with E-state index in [0.717, 1.165) is 0 Å². The minimum Gasteiger partial charge on any atom is -0.481 e. The van der Waals surface area contributed by atoms with Crippen LogP contribution in [-0.2, 0) is 9.53 Å². The summed E-state index contributed by atoms with van der Waals surface area (Å²) in [6.07, 6.45) is -0.958. The second-order valence-corrected chi connectivity index (χ2v) is 4.86. The van der Waals surface area contributed by atoms with Gasteiger partial charge in [0.2, 0.25) is 0 Å². The van der Waals surface area contributed by atoms with Gasteiger partial charge in [0.25, 0.3) is 5.91 Å². The van der Waals surface area contributed by atoms with Gasteiger partial charge in [-0.3, -0.25) is 4.79 Å². The minimum absolute atomic E-state index is 0.103. The van der Waals surface area contributed by atoms with E-state index >= 15 is 0 Å². The van der Waals surface area contributed by atoms with Crippen LogP contribution in [0.4, 0.5) is 0 Å². The molecule has 0 bridgehead atoms. The van der Waals surface area contributed by atoms with Gasteiger partial charge in [0.15, 0.2) is 6.10 Å². The number of aliphatic hydroxyl groups is 1. The molecule has 1 aromatic rings. The molecule has 0 radical (unpaired) electrons. The molecule has 0 saturated carbocycles. The van der Waals surface area contributed by atoms with Crippen molar-refractivity contribution in [2.75, 3.05) is 26.3 Å². The van der Waals surface area contributed by atoms with Gasteiger partial charge < -0.3 is 19.5 Å². The molecule has 0 spiro atoms. The summed E-state index contributed by atoms with van der Waals surface area (Å²) in [5, 5.41) is 17.8. The second-order valence-electron chi connectivity index (χ2n) is 4.86. The number of amides is 1. The molecule has 2 unspecified atom stereocenters. The molecule has 1 N–H and O–H groups in total. The van der Waals surface area contributed by atoms with E-state index in [0.29, 0.717) is 31.0 Å². The third-order valence-electron chi connectivity index (χ3n) is 3.30. The molecule has 0 aliphatic carbocycles. The van der Waals surface area contributed by atoms with Crippen molar-refractivity contribution in [1.82, 2.24) is 4.90 Å². The molecule has 1 aliphatic heterocycles. The Morgan fingerprint density at radius 3 is 2.90 bits per heavy atom. The molecule has 2 atom stereocenters. The molecule has 2 rings (SSSR count). The van der Waals surface area contributed by atoms with Crippen molar-refractivity contribution in [3.8, 4) is 11.8 Å². The number of ether oxygens (including phenoxy) is 2. The van der Waals surface area contributed by atoms with Crippen LogP contribution < -0.4 is 4.74 Å². The number of nitriles is 1. The van der Waals surface area contributed by atoms with Crippen LogP contribution >= 0.6 is 0 Å². The molecule has 6 nitrogen and oxygen atoms in total. The summed E-state index contributed by atoms with van der Waals surface area (Å²) in [7, 11) is 0. The van der Waals surface area contributed by atoms with E-state index < -0.39 is 6.10 Å². The Kier molecular flexibility index (Phi) is 5.14. The lowest BCUT2D eigenvalue weighted by Gasteiger charge is -2.33. The van der Waals surface area contributed by atoms with Crippen molar-refractivity contribution < 1.29 is 19.4 Å². The van der Waals surface area contributed by atoms with Crippen molar-refractivity contribution in [3.05, 3.63) is 29.8 Å². The normalized spacial score (nSPS) is 19.7. The molecule has 1 saturated heterocycles. The van der Waals surface area contributed by atoms with Crippen molar-refractivity contribution >= 4 is 5.91 Å². The fourth-order valence-electron chi connectivity index (χ4n) is 2.15. The van der Waals surface area contributed by atoms with E-state index in [4.69, 9.17) is 19.8 Å². The van der Waals surface area contributed by atoms with Crippen LogP contribution in [-0.4, -0.2) is 54.4 Å². The third kappa shape index (κ3) is 3.94. The Hall–Kier alpha value is -2.10. The molecule has 1 fully saturated rings. The number of carbonyl (C=O) groups excluding carboxylic acids is 1. The van der Waals surface area contributed by atoms with Gasteiger partial charge >= 0.3 is 0 Å². The molecule has 6 heteroatoms. The standard InChI is InChI=1S/C15H18N2O4/c1-11(21-13-4-2-12(8-16)3-5-13)15(19)17-6-7-20-14(9-17)10-18/h2-5,11,14,18H,6-7,9-10H2,1H3. The lowest BCUT2D eigenvalue weighted by molar-refractivity contribution is -0.146. The van der Waals surface area contributed by atoms with E-state index in [9.17, 15) is 4.79 Å². The zero-order valence-corrected chi connectivity index (χ0v) is 11.9. The molecule has 112 valence electrons. The Morgan fingerprint density at radius 1 is 1.57 bits per heavy atom. The predicted octanol–water partition coefficient (Wildman–Crippen LogP) is 0.545. The zero-order valence-electron chi connectivity index (χ0n) is 11.9. The first-order valence-corrected chi connectivity index (χ1v) is 6.82. The number of benzene rings is 1. The Bertz CT molecular complexity index is 523. The Labute approximate surface area is 123 Å². The largest absolute Gasteiger partial charge is 0.481 e. The van der Waals surface area contributed by atoms with Gasteiger partial charge in [0.1, 0.15) is 5.75 Å². The van der Waals surface area contributed by atoms with Crippen LogP contribution in [0.3, 0.4) is 0 Å². The fraction of sp³-hybridized carbons (Fsp3) is 0.467. The van der Waals surface area contributed by atoms with E-state index in [-0.39, 0.29) is 18.6 Å². The zero-order chi connectivity index (χ0) is 15.2. The van der Waals surface area contributed by atoms with Crippen LogP contribution in [0.2, 0.25) is 0 Å². The van der Waals surface area contributed by atoms with Crippen LogP contribution in [0.5, 0.6) is 5.75 Å². The molecule has 1 aromatic carbocycles. The Morgan fingerprint density at radius 2 is 2.29 bits per heavy atom. The maximum absolute atomic E-state index is 12.3. The second kappa shape index (κ2) is 7.07. The highest BCUT2D eigenvalue weighted by Gasteiger charge is 2.27. The first-order valence-electron chi connectivity index (χ1n) is 6.82. The summed E-state index contributed by atoms with van der Waals surface area (Å²) in [6.45, 7) is 2.87. The van der Waals surface area contributed by atoms with Gasteiger partial charge in [-0.25, -0.2) is 0 Å². The molecule has 1 aliphatic rings. The van der Waals surface area contributed by atoms with Crippen molar-refractivity contribution in [1.29, 1.82) is 5.26 Å². The summed E-state index contributed by atoms with van der Waals surface area (Å²) in [6, 6.07) is 8.64. The summed E-state index contributed by atoms with van der Waals surface area (Å²) in [5.41, 5.74) is 0.542. The van der Waals surface area contributed by atoms with Gasteiger partial charge in [-0.15, -0.1) is 0 Å². The van der Waals surface area contributed by atoms with E-state index in [2.05, 4.69) is 0 Å². The van der Waals surface area contributed by atoms with Crippen LogP contribution in [0, 0.1) is 11.3 Å². The summed E-state index contributed by atoms with van der Waals surface area (Å²) < 4.78 is 10.9. The lowest BCUT2D eigenvalue weighted by atomic mass is 10.2. The molecule has 1 amide bonds. The number of nitrogens with zero attached hydrogens (tertiary/aromatic N) is 2. The molecular weight excluding hydrogens is 272 g/mol. The number of hydrogen-bond donors (Lipinski definition) is 1. The lowest BCUT2D eigenvalue weighted by Crippen LogP contribution is -2.50. The first kappa shape index (κ1) is 15.3. The Balaban J connectivity index is 1.94. The van der Waals surface area contributed by atoms with Crippen molar-refractivity contribution in [3.63, 3.8) is 0 Å². The van der Waals surface area contributed by atoms with Gasteiger partial charge in [0, 0.05) is 13.1 Å². The number of aliphatic hydroxyl groups excluding tert-OH is 1. The van der Waals surface area contributed by atoms with Gasteiger partial charge in [-0.05, 0) is 31.2 Å². The average molecular weight is 290 g/mol. The van der Waals surface area contributed by atoms with E-state index in [1.165, 1.54) is 0 Å². The maximum Gasteiger partial charge on any atom is 0.263 e. The fourth-order valence-corrected chi connectivity index (χ4v) is 2.15. The van der Waals surface area contributed by atoms with Crippen molar-refractivity contribution in [2.45, 2.75) is 19.1 Å². The average Bonchev–Trinajstić information content (AvgIpc) is 2.54. The van der Waals surface area contributed by atoms with Crippen LogP contribution in [0.1, 0.15) is 12.5 Å². The number of carbonyl (C=O) groups is 1. The smallest absolute Gasteiger partial charge is 0.263 e. The highest BCUT2D eigenvalue weighted by atomic mass is 16.5. The summed E-state index contributed by atoms with van der Waals surface area (Å²) in [4.78, 5) is 13.9.